The van der Waals surface area contributed by atoms with E-state index in [9.17, 15) is 8.42 Å². The van der Waals surface area contributed by atoms with Crippen LogP contribution in [0.2, 0.25) is 0 Å². The van der Waals surface area contributed by atoms with E-state index >= 15 is 0 Å². The van der Waals surface area contributed by atoms with Gasteiger partial charge in [0.25, 0.3) is 10.1 Å². The normalized spacial score (nSPS) is 12.1. The van der Waals surface area contributed by atoms with Crippen LogP contribution in [0, 0.1) is 26.7 Å². The minimum atomic E-state index is -3.65. The van der Waals surface area contributed by atoms with E-state index in [1.165, 1.54) is 0 Å². The predicted octanol–water partition coefficient (Wildman–Crippen LogP) is 3.75. The highest BCUT2D eigenvalue weighted by atomic mass is 32.2. The molecule has 0 saturated carbocycles. The maximum absolute atomic E-state index is 12.3. The van der Waals surface area contributed by atoms with Gasteiger partial charge < -0.3 is 0 Å². The molecule has 0 spiro atoms. The molecule has 0 N–H and O–H groups in total. The molecule has 108 valence electrons. The summed E-state index contributed by atoms with van der Waals surface area (Å²) in [6.45, 7) is 9.95. The van der Waals surface area contributed by atoms with Crippen molar-refractivity contribution in [2.24, 2.45) is 5.92 Å². The van der Waals surface area contributed by atoms with E-state index in [1.54, 1.807) is 0 Å². The fourth-order valence-corrected chi connectivity index (χ4v) is 3.73. The number of hydrogen-bond donors (Lipinski definition) is 0. The zero-order valence-electron chi connectivity index (χ0n) is 12.5. The van der Waals surface area contributed by atoms with Gasteiger partial charge in [0.1, 0.15) is 0 Å². The van der Waals surface area contributed by atoms with Crippen molar-refractivity contribution >= 4 is 10.1 Å². The van der Waals surface area contributed by atoms with E-state index in [0.717, 1.165) is 29.5 Å². The van der Waals surface area contributed by atoms with Crippen LogP contribution in [0.4, 0.5) is 0 Å². The van der Waals surface area contributed by atoms with Gasteiger partial charge in [-0.05, 0) is 37.8 Å². The van der Waals surface area contributed by atoms with E-state index in [2.05, 4.69) is 0 Å². The highest BCUT2D eigenvalue weighted by molar-refractivity contribution is 7.86. The van der Waals surface area contributed by atoms with Crippen LogP contribution in [0.5, 0.6) is 0 Å². The van der Waals surface area contributed by atoms with Gasteiger partial charge in [0, 0.05) is 0 Å². The molecule has 19 heavy (non-hydrogen) atoms. The van der Waals surface area contributed by atoms with Gasteiger partial charge in [-0.2, -0.15) is 8.42 Å². The second-order valence-corrected chi connectivity index (χ2v) is 6.70. The summed E-state index contributed by atoms with van der Waals surface area (Å²) < 4.78 is 29.8. The average molecular weight is 284 g/mol. The molecule has 1 aromatic carbocycles. The first-order valence-corrected chi connectivity index (χ1v) is 8.19. The van der Waals surface area contributed by atoms with E-state index in [4.69, 9.17) is 4.18 Å². The van der Waals surface area contributed by atoms with E-state index in [1.807, 2.05) is 46.8 Å². The van der Waals surface area contributed by atoms with E-state index in [-0.39, 0.29) is 6.61 Å². The molecule has 1 aromatic rings. The fraction of sp³-hybridized carbons (Fsp3) is 0.600. The molecule has 0 saturated heterocycles. The lowest BCUT2D eigenvalue weighted by Crippen LogP contribution is -2.15. The first-order valence-electron chi connectivity index (χ1n) is 6.79. The summed E-state index contributed by atoms with van der Waals surface area (Å²) in [6.07, 6.45) is 1.86. The van der Waals surface area contributed by atoms with Crippen LogP contribution in [0.15, 0.2) is 17.0 Å². The molecular weight excluding hydrogens is 260 g/mol. The van der Waals surface area contributed by atoms with Crippen molar-refractivity contribution in [1.82, 2.24) is 0 Å². The Kier molecular flexibility index (Phi) is 5.56. The standard InChI is InChI=1S/C15H24O3S/c1-6-14(7-2)10-18-19(16,17)15-12(4)8-11(3)9-13(15)5/h8-9,14H,6-7,10H2,1-5H3. The number of benzene rings is 1. The second kappa shape index (κ2) is 6.53. The van der Waals surface area contributed by atoms with Gasteiger partial charge in [-0.1, -0.05) is 44.4 Å². The van der Waals surface area contributed by atoms with E-state index in [0.29, 0.717) is 10.8 Å². The molecule has 0 fully saturated rings. The molecule has 0 unspecified atom stereocenters. The third kappa shape index (κ3) is 4.05. The quantitative estimate of drug-likeness (QED) is 0.747. The molecular formula is C15H24O3S. The molecule has 0 amide bonds. The van der Waals surface area contributed by atoms with Crippen molar-refractivity contribution in [3.05, 3.63) is 28.8 Å². The monoisotopic (exact) mass is 284 g/mol. The molecule has 0 aliphatic heterocycles. The van der Waals surface area contributed by atoms with Crippen LogP contribution in [0.25, 0.3) is 0 Å². The van der Waals surface area contributed by atoms with Crippen molar-refractivity contribution in [2.45, 2.75) is 52.4 Å². The van der Waals surface area contributed by atoms with Gasteiger partial charge in [-0.3, -0.25) is 4.18 Å². The molecule has 0 aromatic heterocycles. The topological polar surface area (TPSA) is 43.4 Å². The van der Waals surface area contributed by atoms with Crippen LogP contribution in [0.1, 0.15) is 43.4 Å². The van der Waals surface area contributed by atoms with Gasteiger partial charge in [-0.15, -0.1) is 0 Å². The summed E-state index contributed by atoms with van der Waals surface area (Å²) in [6, 6.07) is 3.75. The van der Waals surface area contributed by atoms with Crippen LogP contribution in [-0.4, -0.2) is 15.0 Å². The lowest BCUT2D eigenvalue weighted by atomic mass is 10.1. The molecule has 0 bridgehead atoms. The van der Waals surface area contributed by atoms with Crippen LogP contribution in [-0.2, 0) is 14.3 Å². The van der Waals surface area contributed by atoms with Gasteiger partial charge in [-0.25, -0.2) is 0 Å². The van der Waals surface area contributed by atoms with Crippen molar-refractivity contribution < 1.29 is 12.6 Å². The maximum atomic E-state index is 12.3. The highest BCUT2D eigenvalue weighted by Crippen LogP contribution is 2.24. The van der Waals surface area contributed by atoms with Crippen LogP contribution >= 0.6 is 0 Å². The fourth-order valence-electron chi connectivity index (χ4n) is 2.33. The lowest BCUT2D eigenvalue weighted by molar-refractivity contribution is 0.245. The van der Waals surface area contributed by atoms with Crippen LogP contribution in [0.3, 0.4) is 0 Å². The summed E-state index contributed by atoms with van der Waals surface area (Å²) in [5, 5.41) is 0. The average Bonchev–Trinajstić information content (AvgIpc) is 2.28. The molecule has 0 radical (unpaired) electrons. The zero-order chi connectivity index (χ0) is 14.6. The first kappa shape index (κ1) is 16.2. The number of aryl methyl sites for hydroxylation is 3. The van der Waals surface area contributed by atoms with Gasteiger partial charge in [0.05, 0.1) is 11.5 Å². The Balaban J connectivity index is 3.01. The second-order valence-electron chi connectivity index (χ2n) is 5.15. The van der Waals surface area contributed by atoms with Crippen molar-refractivity contribution in [3.8, 4) is 0 Å². The molecule has 4 heteroatoms. The Hall–Kier alpha value is -0.870. The van der Waals surface area contributed by atoms with Gasteiger partial charge in [0.2, 0.25) is 0 Å². The summed E-state index contributed by atoms with van der Waals surface area (Å²) in [5.74, 6) is 0.292. The molecule has 3 nitrogen and oxygen atoms in total. The summed E-state index contributed by atoms with van der Waals surface area (Å²) in [4.78, 5) is 0.323. The van der Waals surface area contributed by atoms with Gasteiger partial charge in [0.15, 0.2) is 0 Å². The third-order valence-corrected chi connectivity index (χ3v) is 5.06. The SMILES string of the molecule is CCC(CC)COS(=O)(=O)c1c(C)cc(C)cc1C. The zero-order valence-corrected chi connectivity index (χ0v) is 13.3. The summed E-state index contributed by atoms with van der Waals surface area (Å²) >= 11 is 0. The summed E-state index contributed by atoms with van der Waals surface area (Å²) in [5.41, 5.74) is 2.57. The largest absolute Gasteiger partial charge is 0.297 e. The minimum absolute atomic E-state index is 0.266. The van der Waals surface area contributed by atoms with Crippen LogP contribution < -0.4 is 0 Å². The number of hydrogen-bond acceptors (Lipinski definition) is 3. The Labute approximate surface area is 117 Å². The first-order chi connectivity index (χ1) is 8.81. The molecule has 1 rings (SSSR count). The molecule has 0 heterocycles. The lowest BCUT2D eigenvalue weighted by Gasteiger charge is -2.15. The molecule has 0 aliphatic rings. The highest BCUT2D eigenvalue weighted by Gasteiger charge is 2.22. The number of rotatable bonds is 6. The van der Waals surface area contributed by atoms with Crippen molar-refractivity contribution in [2.75, 3.05) is 6.61 Å². The Bertz CT molecular complexity index is 505. The Morgan fingerprint density at radius 1 is 1.05 bits per heavy atom. The predicted molar refractivity (Wildman–Crippen MR) is 77.9 cm³/mol. The van der Waals surface area contributed by atoms with Crippen molar-refractivity contribution in [1.29, 1.82) is 0 Å². The Morgan fingerprint density at radius 2 is 1.53 bits per heavy atom. The minimum Gasteiger partial charge on any atom is -0.266 e. The van der Waals surface area contributed by atoms with Crippen molar-refractivity contribution in [3.63, 3.8) is 0 Å². The molecule has 0 aliphatic carbocycles. The maximum Gasteiger partial charge on any atom is 0.297 e. The summed E-state index contributed by atoms with van der Waals surface area (Å²) in [7, 11) is -3.65. The Morgan fingerprint density at radius 3 is 1.95 bits per heavy atom. The van der Waals surface area contributed by atoms with Gasteiger partial charge >= 0.3 is 0 Å². The smallest absolute Gasteiger partial charge is 0.266 e. The van der Waals surface area contributed by atoms with E-state index < -0.39 is 10.1 Å². The molecule has 0 atom stereocenters. The third-order valence-electron chi connectivity index (χ3n) is 3.47.